The Hall–Kier alpha value is -1.61. The number of hydrogen-bond donors (Lipinski definition) is 1. The molecule has 2 aromatic rings. The minimum atomic E-state index is -3.01. The fourth-order valence-corrected chi connectivity index (χ4v) is 5.61. The molecule has 0 saturated carbocycles. The summed E-state index contributed by atoms with van der Waals surface area (Å²) >= 11 is 3.39. The maximum Gasteiger partial charge on any atom is 0.151 e. The second-order valence-corrected chi connectivity index (χ2v) is 11.1. The first-order chi connectivity index (χ1) is 14.2. The summed E-state index contributed by atoms with van der Waals surface area (Å²) in [5.74, 6) is 1.04. The Morgan fingerprint density at radius 1 is 1.13 bits per heavy atom. The highest BCUT2D eigenvalue weighted by Crippen LogP contribution is 2.22. The van der Waals surface area contributed by atoms with Crippen molar-refractivity contribution >= 4 is 31.5 Å². The van der Waals surface area contributed by atoms with Gasteiger partial charge in [0.2, 0.25) is 0 Å². The van der Waals surface area contributed by atoms with E-state index in [1.54, 1.807) is 0 Å². The Morgan fingerprint density at radius 2 is 1.80 bits per heavy atom. The molecule has 0 spiro atoms. The first-order valence-electron chi connectivity index (χ1n) is 9.99. The van der Waals surface area contributed by atoms with E-state index in [0.29, 0.717) is 25.3 Å². The summed E-state index contributed by atoms with van der Waals surface area (Å²) in [5, 5.41) is 10.6. The molecule has 3 rings (SSSR count). The van der Waals surface area contributed by atoms with Gasteiger partial charge in [-0.2, -0.15) is 0 Å². The quantitative estimate of drug-likeness (QED) is 0.575. The number of hydrogen-bond acceptors (Lipinski definition) is 6. The van der Waals surface area contributed by atoms with Gasteiger partial charge in [-0.15, -0.1) is 0 Å². The molecule has 1 aliphatic heterocycles. The van der Waals surface area contributed by atoms with Crippen molar-refractivity contribution in [2.45, 2.75) is 25.1 Å². The van der Waals surface area contributed by atoms with E-state index in [4.69, 9.17) is 4.74 Å². The summed E-state index contributed by atoms with van der Waals surface area (Å²) < 4.78 is 30.7. The summed E-state index contributed by atoms with van der Waals surface area (Å²) in [6.45, 7) is 1.09. The predicted molar refractivity (Wildman–Crippen MR) is 124 cm³/mol. The fourth-order valence-electron chi connectivity index (χ4n) is 3.59. The van der Waals surface area contributed by atoms with Crippen LogP contribution in [-0.4, -0.2) is 69.3 Å². The molecule has 2 unspecified atom stereocenters. The number of benzene rings is 2. The van der Waals surface area contributed by atoms with Gasteiger partial charge in [0.05, 0.1) is 11.5 Å². The minimum Gasteiger partial charge on any atom is -0.491 e. The van der Waals surface area contributed by atoms with Crippen LogP contribution in [0.25, 0.3) is 0 Å². The van der Waals surface area contributed by atoms with Gasteiger partial charge in [-0.3, -0.25) is 4.90 Å². The molecule has 1 heterocycles. The van der Waals surface area contributed by atoms with Gasteiger partial charge in [0.25, 0.3) is 0 Å². The Kier molecular flexibility index (Phi) is 7.79. The molecule has 6 nitrogen and oxygen atoms in total. The molecule has 2 atom stereocenters. The van der Waals surface area contributed by atoms with E-state index in [1.807, 2.05) is 55.4 Å². The van der Waals surface area contributed by atoms with Crippen LogP contribution in [0.1, 0.15) is 12.0 Å². The molecule has 0 radical (unpaired) electrons. The van der Waals surface area contributed by atoms with Gasteiger partial charge in [0.1, 0.15) is 18.5 Å². The minimum absolute atomic E-state index is 0.0918. The number of anilines is 1. The molecule has 1 N–H and O–H groups in total. The largest absolute Gasteiger partial charge is 0.491 e. The van der Waals surface area contributed by atoms with Gasteiger partial charge in [0, 0.05) is 43.4 Å². The molecule has 2 aromatic carbocycles. The van der Waals surface area contributed by atoms with Crippen LogP contribution in [0.2, 0.25) is 0 Å². The van der Waals surface area contributed by atoms with Crippen LogP contribution in [0.3, 0.4) is 0 Å². The second-order valence-electron chi connectivity index (χ2n) is 7.97. The number of aliphatic hydroxyl groups is 1. The average molecular weight is 497 g/mol. The SMILES string of the molecule is CN(C)c1ccc(CN(CC(O)COc2ccc(Br)cc2)C2CCS(=O)(=O)C2)cc1. The molecule has 164 valence electrons. The molecular formula is C22H29BrN2O4S. The Balaban J connectivity index is 1.65. The van der Waals surface area contributed by atoms with Gasteiger partial charge >= 0.3 is 0 Å². The van der Waals surface area contributed by atoms with Crippen molar-refractivity contribution in [1.82, 2.24) is 4.90 Å². The van der Waals surface area contributed by atoms with Crippen LogP contribution in [0.5, 0.6) is 5.75 Å². The highest BCUT2D eigenvalue weighted by Gasteiger charge is 2.33. The third kappa shape index (κ3) is 6.70. The number of sulfone groups is 1. The number of ether oxygens (including phenoxy) is 1. The first-order valence-corrected chi connectivity index (χ1v) is 12.6. The predicted octanol–water partition coefficient (Wildman–Crippen LogP) is 2.94. The number of nitrogens with zero attached hydrogens (tertiary/aromatic N) is 2. The Bertz CT molecular complexity index is 917. The zero-order valence-corrected chi connectivity index (χ0v) is 19.8. The van der Waals surface area contributed by atoms with Crippen LogP contribution < -0.4 is 9.64 Å². The van der Waals surface area contributed by atoms with E-state index in [9.17, 15) is 13.5 Å². The summed E-state index contributed by atoms with van der Waals surface area (Å²) in [6.07, 6.45) is -0.128. The maximum absolute atomic E-state index is 12.0. The lowest BCUT2D eigenvalue weighted by atomic mass is 10.1. The molecule has 1 saturated heterocycles. The van der Waals surface area contributed by atoms with Crippen molar-refractivity contribution in [3.8, 4) is 5.75 Å². The molecule has 0 aliphatic carbocycles. The van der Waals surface area contributed by atoms with Crippen molar-refractivity contribution in [2.75, 3.05) is 43.7 Å². The molecule has 30 heavy (non-hydrogen) atoms. The van der Waals surface area contributed by atoms with Crippen molar-refractivity contribution in [3.63, 3.8) is 0 Å². The average Bonchev–Trinajstić information content (AvgIpc) is 3.07. The van der Waals surface area contributed by atoms with E-state index in [0.717, 1.165) is 15.7 Å². The van der Waals surface area contributed by atoms with Crippen LogP contribution in [-0.2, 0) is 16.4 Å². The smallest absolute Gasteiger partial charge is 0.151 e. The number of rotatable bonds is 9. The maximum atomic E-state index is 12.0. The summed E-state index contributed by atoms with van der Waals surface area (Å²) in [5.41, 5.74) is 2.20. The van der Waals surface area contributed by atoms with Crippen LogP contribution >= 0.6 is 15.9 Å². The van der Waals surface area contributed by atoms with E-state index in [2.05, 4.69) is 33.0 Å². The first kappa shape index (κ1) is 23.1. The van der Waals surface area contributed by atoms with Crippen molar-refractivity contribution in [2.24, 2.45) is 0 Å². The normalized spacial score (nSPS) is 19.0. The molecule has 0 aromatic heterocycles. The summed E-state index contributed by atoms with van der Waals surface area (Å²) in [6, 6.07) is 15.6. The number of aliphatic hydroxyl groups excluding tert-OH is 1. The Morgan fingerprint density at radius 3 is 2.37 bits per heavy atom. The highest BCUT2D eigenvalue weighted by atomic mass is 79.9. The van der Waals surface area contributed by atoms with E-state index < -0.39 is 15.9 Å². The standard InChI is InChI=1S/C22H29BrN2O4S/c1-24(2)19-7-3-17(4-8-19)13-25(20-11-12-30(27,28)16-20)14-21(26)15-29-22-9-5-18(23)6-10-22/h3-10,20-21,26H,11-16H2,1-2H3. The van der Waals surface area contributed by atoms with Crippen molar-refractivity contribution < 1.29 is 18.3 Å². The zero-order valence-electron chi connectivity index (χ0n) is 17.4. The van der Waals surface area contributed by atoms with Gasteiger partial charge in [-0.1, -0.05) is 28.1 Å². The Labute approximate surface area is 187 Å². The van der Waals surface area contributed by atoms with Crippen molar-refractivity contribution in [1.29, 1.82) is 0 Å². The molecule has 1 aliphatic rings. The van der Waals surface area contributed by atoms with Gasteiger partial charge < -0.3 is 14.7 Å². The summed E-state index contributed by atoms with van der Waals surface area (Å²) in [7, 11) is 0.974. The van der Waals surface area contributed by atoms with Crippen LogP contribution in [0.15, 0.2) is 53.0 Å². The van der Waals surface area contributed by atoms with Gasteiger partial charge in [-0.25, -0.2) is 8.42 Å². The lowest BCUT2D eigenvalue weighted by molar-refractivity contribution is 0.0525. The van der Waals surface area contributed by atoms with Gasteiger partial charge in [0.15, 0.2) is 9.84 Å². The van der Waals surface area contributed by atoms with Crippen LogP contribution in [0, 0.1) is 0 Å². The van der Waals surface area contributed by atoms with E-state index in [-0.39, 0.29) is 24.2 Å². The number of halogens is 1. The molecular weight excluding hydrogens is 468 g/mol. The third-order valence-electron chi connectivity index (χ3n) is 5.26. The lowest BCUT2D eigenvalue weighted by Crippen LogP contribution is -2.42. The van der Waals surface area contributed by atoms with E-state index in [1.165, 1.54) is 0 Å². The van der Waals surface area contributed by atoms with Gasteiger partial charge in [-0.05, 0) is 48.4 Å². The fraction of sp³-hybridized carbons (Fsp3) is 0.455. The van der Waals surface area contributed by atoms with Crippen LogP contribution in [0.4, 0.5) is 5.69 Å². The monoisotopic (exact) mass is 496 g/mol. The van der Waals surface area contributed by atoms with E-state index >= 15 is 0 Å². The molecule has 8 heteroatoms. The second kappa shape index (κ2) is 10.1. The zero-order chi connectivity index (χ0) is 21.7. The molecule has 0 amide bonds. The van der Waals surface area contributed by atoms with Crippen molar-refractivity contribution in [3.05, 3.63) is 58.6 Å². The topological polar surface area (TPSA) is 70.1 Å². The highest BCUT2D eigenvalue weighted by molar-refractivity contribution is 9.10. The molecule has 1 fully saturated rings. The lowest BCUT2D eigenvalue weighted by Gasteiger charge is -2.30. The third-order valence-corrected chi connectivity index (χ3v) is 7.54. The summed E-state index contributed by atoms with van der Waals surface area (Å²) in [4.78, 5) is 4.11. The molecule has 0 bridgehead atoms.